The lowest BCUT2D eigenvalue weighted by molar-refractivity contribution is 0.0251. The van der Waals surface area contributed by atoms with Crippen LogP contribution >= 0.6 is 0 Å². The van der Waals surface area contributed by atoms with Gasteiger partial charge >= 0.3 is 0 Å². The average Bonchev–Trinajstić information content (AvgIpc) is 2.75. The number of aromatic hydroxyl groups is 1. The van der Waals surface area contributed by atoms with Crippen molar-refractivity contribution < 1.29 is 15.0 Å². The fourth-order valence-corrected chi connectivity index (χ4v) is 2.15. The third kappa shape index (κ3) is 2.60. The number of nitrogens with one attached hydrogen (secondary N) is 1. The van der Waals surface area contributed by atoms with Gasteiger partial charge in [0.2, 0.25) is 0 Å². The van der Waals surface area contributed by atoms with Crippen LogP contribution in [0.1, 0.15) is 16.8 Å². The lowest BCUT2D eigenvalue weighted by atomic mass is 10.0. The zero-order valence-corrected chi connectivity index (χ0v) is 10.3. The molecule has 0 radical (unpaired) electrons. The Kier molecular flexibility index (Phi) is 3.49. The molecule has 1 aromatic heterocycles. The smallest absolute Gasteiger partial charge is 0.257 e. The van der Waals surface area contributed by atoms with Crippen molar-refractivity contribution in [2.24, 2.45) is 0 Å². The number of rotatable bonds is 3. The van der Waals surface area contributed by atoms with Crippen molar-refractivity contribution in [2.75, 3.05) is 26.7 Å². The highest BCUT2D eigenvalue weighted by Gasteiger charge is 2.33. The number of likely N-dealkylation sites (N-methyl/N-ethyl adjacent to an activating group) is 1. The summed E-state index contributed by atoms with van der Waals surface area (Å²) in [6, 6.07) is 1.46. The van der Waals surface area contributed by atoms with E-state index < -0.39 is 5.60 Å². The molecular formula is C12H17N3O3. The lowest BCUT2D eigenvalue weighted by Crippen LogP contribution is -2.45. The Labute approximate surface area is 105 Å². The molecule has 98 valence electrons. The van der Waals surface area contributed by atoms with E-state index in [1.165, 1.54) is 23.4 Å². The molecule has 1 unspecified atom stereocenters. The quantitative estimate of drug-likeness (QED) is 0.679. The molecule has 1 atom stereocenters. The van der Waals surface area contributed by atoms with E-state index >= 15 is 0 Å². The first-order valence-corrected chi connectivity index (χ1v) is 5.83. The summed E-state index contributed by atoms with van der Waals surface area (Å²) < 4.78 is 0. The van der Waals surface area contributed by atoms with Crippen LogP contribution in [0.3, 0.4) is 0 Å². The van der Waals surface area contributed by atoms with Crippen LogP contribution in [0.15, 0.2) is 18.5 Å². The summed E-state index contributed by atoms with van der Waals surface area (Å²) in [6.07, 6.45) is 3.30. The minimum Gasteiger partial charge on any atom is -0.505 e. The summed E-state index contributed by atoms with van der Waals surface area (Å²) in [5.41, 5.74) is -0.686. The van der Waals surface area contributed by atoms with E-state index in [9.17, 15) is 15.0 Å². The number of amides is 1. The predicted molar refractivity (Wildman–Crippen MR) is 65.3 cm³/mol. The van der Waals surface area contributed by atoms with E-state index in [0.29, 0.717) is 13.0 Å². The molecule has 2 heterocycles. The zero-order valence-electron chi connectivity index (χ0n) is 10.3. The van der Waals surface area contributed by atoms with E-state index in [0.717, 1.165) is 6.54 Å². The van der Waals surface area contributed by atoms with Crippen LogP contribution in [0.25, 0.3) is 0 Å². The van der Waals surface area contributed by atoms with E-state index in [1.807, 2.05) is 0 Å². The van der Waals surface area contributed by atoms with Gasteiger partial charge in [0, 0.05) is 19.8 Å². The highest BCUT2D eigenvalue weighted by Crippen LogP contribution is 2.19. The molecule has 1 saturated heterocycles. The standard InChI is InChI=1S/C12H17N3O3/c1-15(8-12(18)3-5-14-7-12)11(17)9-2-4-13-6-10(9)16/h2,4,6,14,16,18H,3,5,7-8H2,1H3. The summed E-state index contributed by atoms with van der Waals surface area (Å²) in [5.74, 6) is -0.471. The SMILES string of the molecule is CN(CC1(O)CCNC1)C(=O)c1ccncc1O. The number of β-amino-alcohol motifs (C(OH)–C–C–N with tert-alkyl or cyclic N) is 1. The number of pyridine rings is 1. The molecule has 1 aliphatic rings. The molecule has 1 fully saturated rings. The number of carbonyl (C=O) groups excluding carboxylic acids is 1. The fraction of sp³-hybridized carbons (Fsp3) is 0.500. The number of nitrogens with zero attached hydrogens (tertiary/aromatic N) is 2. The number of aromatic nitrogens is 1. The van der Waals surface area contributed by atoms with Crippen LogP contribution in [0.5, 0.6) is 5.75 Å². The van der Waals surface area contributed by atoms with Crippen molar-refractivity contribution >= 4 is 5.91 Å². The Bertz CT molecular complexity index is 444. The topological polar surface area (TPSA) is 85.7 Å². The normalized spacial score (nSPS) is 23.0. The number of hydrogen-bond acceptors (Lipinski definition) is 5. The van der Waals surface area contributed by atoms with Gasteiger partial charge in [0.25, 0.3) is 5.91 Å². The minimum absolute atomic E-state index is 0.147. The van der Waals surface area contributed by atoms with E-state index in [4.69, 9.17) is 0 Å². The molecule has 1 aromatic rings. The summed E-state index contributed by atoms with van der Waals surface area (Å²) in [6.45, 7) is 1.46. The first kappa shape index (κ1) is 12.8. The summed E-state index contributed by atoms with van der Waals surface area (Å²) in [5, 5.41) is 22.8. The summed E-state index contributed by atoms with van der Waals surface area (Å²) in [4.78, 5) is 17.2. The van der Waals surface area contributed by atoms with E-state index in [-0.39, 0.29) is 23.8 Å². The highest BCUT2D eigenvalue weighted by atomic mass is 16.3. The van der Waals surface area contributed by atoms with Gasteiger partial charge in [0.1, 0.15) is 5.75 Å². The van der Waals surface area contributed by atoms with Crippen LogP contribution in [0.4, 0.5) is 0 Å². The van der Waals surface area contributed by atoms with Gasteiger partial charge in [-0.25, -0.2) is 0 Å². The maximum Gasteiger partial charge on any atom is 0.257 e. The molecule has 18 heavy (non-hydrogen) atoms. The Morgan fingerprint density at radius 3 is 3.06 bits per heavy atom. The molecule has 0 bridgehead atoms. The van der Waals surface area contributed by atoms with Crippen molar-refractivity contribution in [3.05, 3.63) is 24.0 Å². The van der Waals surface area contributed by atoms with Gasteiger partial charge in [-0.2, -0.15) is 0 Å². The second kappa shape index (κ2) is 4.91. The van der Waals surface area contributed by atoms with Crippen molar-refractivity contribution in [2.45, 2.75) is 12.0 Å². The molecule has 6 heteroatoms. The van der Waals surface area contributed by atoms with E-state index in [2.05, 4.69) is 10.3 Å². The Morgan fingerprint density at radius 1 is 1.67 bits per heavy atom. The molecular weight excluding hydrogens is 234 g/mol. The second-order valence-electron chi connectivity index (χ2n) is 4.71. The van der Waals surface area contributed by atoms with Gasteiger partial charge in [0.15, 0.2) is 0 Å². The van der Waals surface area contributed by atoms with E-state index in [1.54, 1.807) is 7.05 Å². The van der Waals surface area contributed by atoms with Crippen LogP contribution in [0, 0.1) is 0 Å². The van der Waals surface area contributed by atoms with Crippen LogP contribution < -0.4 is 5.32 Å². The van der Waals surface area contributed by atoms with Crippen LogP contribution in [-0.2, 0) is 0 Å². The zero-order chi connectivity index (χ0) is 13.2. The second-order valence-corrected chi connectivity index (χ2v) is 4.71. The molecule has 6 nitrogen and oxygen atoms in total. The Morgan fingerprint density at radius 2 is 2.44 bits per heavy atom. The molecule has 0 spiro atoms. The maximum absolute atomic E-state index is 12.1. The third-order valence-corrected chi connectivity index (χ3v) is 3.13. The van der Waals surface area contributed by atoms with Gasteiger partial charge in [-0.05, 0) is 19.0 Å². The number of carbonyl (C=O) groups is 1. The molecule has 2 rings (SSSR count). The van der Waals surface area contributed by atoms with Gasteiger partial charge in [0.05, 0.1) is 23.9 Å². The summed E-state index contributed by atoms with van der Waals surface area (Å²) in [7, 11) is 1.61. The molecule has 0 saturated carbocycles. The molecule has 0 aromatic carbocycles. The number of aliphatic hydroxyl groups is 1. The van der Waals surface area contributed by atoms with Crippen molar-refractivity contribution in [3.8, 4) is 5.75 Å². The first-order chi connectivity index (χ1) is 8.52. The Balaban J connectivity index is 2.07. The van der Waals surface area contributed by atoms with Gasteiger partial charge in [-0.1, -0.05) is 0 Å². The molecule has 1 amide bonds. The Hall–Kier alpha value is -1.66. The van der Waals surface area contributed by atoms with Crippen molar-refractivity contribution in [3.63, 3.8) is 0 Å². The van der Waals surface area contributed by atoms with Gasteiger partial charge in [-0.15, -0.1) is 0 Å². The largest absolute Gasteiger partial charge is 0.505 e. The lowest BCUT2D eigenvalue weighted by Gasteiger charge is -2.28. The molecule has 1 aliphatic heterocycles. The molecule has 0 aliphatic carbocycles. The minimum atomic E-state index is -0.882. The first-order valence-electron chi connectivity index (χ1n) is 5.83. The average molecular weight is 251 g/mol. The molecule has 3 N–H and O–H groups in total. The predicted octanol–water partition coefficient (Wildman–Crippen LogP) is -0.416. The van der Waals surface area contributed by atoms with Crippen molar-refractivity contribution in [1.82, 2.24) is 15.2 Å². The number of hydrogen-bond donors (Lipinski definition) is 3. The summed E-state index contributed by atoms with van der Waals surface area (Å²) >= 11 is 0. The van der Waals surface area contributed by atoms with Gasteiger partial charge < -0.3 is 20.4 Å². The highest BCUT2D eigenvalue weighted by molar-refractivity contribution is 5.96. The van der Waals surface area contributed by atoms with Crippen molar-refractivity contribution in [1.29, 1.82) is 0 Å². The maximum atomic E-state index is 12.1. The van der Waals surface area contributed by atoms with Crippen LogP contribution in [-0.4, -0.2) is 58.3 Å². The monoisotopic (exact) mass is 251 g/mol. The third-order valence-electron chi connectivity index (χ3n) is 3.13. The fourth-order valence-electron chi connectivity index (χ4n) is 2.15. The van der Waals surface area contributed by atoms with Crippen LogP contribution in [0.2, 0.25) is 0 Å². The van der Waals surface area contributed by atoms with Gasteiger partial charge in [-0.3, -0.25) is 9.78 Å².